The molecule has 0 aliphatic heterocycles. The Morgan fingerprint density at radius 3 is 2.64 bits per heavy atom. The molecule has 0 aliphatic rings. The maximum Gasteiger partial charge on any atom is 0.338 e. The number of hydrogen-bond acceptors (Lipinski definition) is 4. The summed E-state index contributed by atoms with van der Waals surface area (Å²) in [6, 6.07) is 11.7. The molecule has 0 aliphatic carbocycles. The minimum absolute atomic E-state index is 0.286. The Morgan fingerprint density at radius 1 is 1.28 bits per heavy atom. The van der Waals surface area contributed by atoms with Gasteiger partial charge in [0.15, 0.2) is 5.96 Å². The van der Waals surface area contributed by atoms with Gasteiger partial charge in [0, 0.05) is 32.1 Å². The third-order valence-corrected chi connectivity index (χ3v) is 4.70. The van der Waals surface area contributed by atoms with Crippen molar-refractivity contribution >= 4 is 23.3 Å². The molecule has 0 spiro atoms. The summed E-state index contributed by atoms with van der Waals surface area (Å²) < 4.78 is 4.99. The van der Waals surface area contributed by atoms with Crippen LogP contribution in [0.5, 0.6) is 0 Å². The quantitative estimate of drug-likeness (QED) is 0.469. The van der Waals surface area contributed by atoms with Crippen molar-refractivity contribution in [2.75, 3.05) is 27.2 Å². The normalized spacial score (nSPS) is 11.2. The largest absolute Gasteiger partial charge is 0.462 e. The van der Waals surface area contributed by atoms with Crippen molar-refractivity contribution in [3.8, 4) is 0 Å². The summed E-state index contributed by atoms with van der Waals surface area (Å²) in [7, 11) is 3.82. The van der Waals surface area contributed by atoms with Gasteiger partial charge in [-0.05, 0) is 42.5 Å². The highest BCUT2D eigenvalue weighted by molar-refractivity contribution is 7.09. The van der Waals surface area contributed by atoms with Gasteiger partial charge in [0.2, 0.25) is 0 Å². The van der Waals surface area contributed by atoms with Crippen molar-refractivity contribution in [3.05, 3.63) is 57.8 Å². The fraction of sp³-hybridized carbons (Fsp3) is 0.368. The summed E-state index contributed by atoms with van der Waals surface area (Å²) in [6.07, 6.45) is 1.00. The molecule has 0 amide bonds. The first kappa shape index (κ1) is 19.0. The number of aliphatic imine (C=N–C) groups is 1. The fourth-order valence-corrected chi connectivity index (χ4v) is 3.08. The zero-order chi connectivity index (χ0) is 18.1. The van der Waals surface area contributed by atoms with E-state index >= 15 is 0 Å². The van der Waals surface area contributed by atoms with E-state index in [1.54, 1.807) is 37.4 Å². The van der Waals surface area contributed by atoms with Crippen LogP contribution in [0.2, 0.25) is 0 Å². The molecule has 2 aromatic rings. The first-order valence-corrected chi connectivity index (χ1v) is 9.22. The lowest BCUT2D eigenvalue weighted by Crippen LogP contribution is -2.39. The number of benzene rings is 1. The molecule has 0 unspecified atom stereocenters. The molecule has 6 heteroatoms. The van der Waals surface area contributed by atoms with Gasteiger partial charge in [-0.3, -0.25) is 4.99 Å². The van der Waals surface area contributed by atoms with Gasteiger partial charge >= 0.3 is 5.97 Å². The van der Waals surface area contributed by atoms with Gasteiger partial charge in [-0.2, -0.15) is 0 Å². The summed E-state index contributed by atoms with van der Waals surface area (Å²) in [6.45, 7) is 3.74. The second-order valence-corrected chi connectivity index (χ2v) is 6.60. The van der Waals surface area contributed by atoms with E-state index < -0.39 is 0 Å². The Labute approximate surface area is 153 Å². The highest BCUT2D eigenvalue weighted by atomic mass is 32.1. The standard InChI is InChI=1S/C19H25N3O2S/c1-4-24-18(23)16-9-7-15(8-10-16)14-21-19(20-2)22(3)12-11-17-6-5-13-25-17/h5-10,13H,4,11-12,14H2,1-3H3,(H,20,21). The fourth-order valence-electron chi connectivity index (χ4n) is 2.38. The minimum atomic E-state index is -0.286. The van der Waals surface area contributed by atoms with Crippen LogP contribution in [0.3, 0.4) is 0 Å². The molecule has 1 heterocycles. The van der Waals surface area contributed by atoms with Crippen molar-refractivity contribution in [1.82, 2.24) is 10.2 Å². The van der Waals surface area contributed by atoms with Gasteiger partial charge in [-0.25, -0.2) is 4.79 Å². The van der Waals surface area contributed by atoms with Gasteiger partial charge in [0.05, 0.1) is 12.2 Å². The summed E-state index contributed by atoms with van der Waals surface area (Å²) in [5.41, 5.74) is 1.66. The summed E-state index contributed by atoms with van der Waals surface area (Å²) in [5, 5.41) is 5.45. The highest BCUT2D eigenvalue weighted by Crippen LogP contribution is 2.10. The molecule has 0 radical (unpaired) electrons. The molecule has 0 bridgehead atoms. The Morgan fingerprint density at radius 2 is 2.04 bits per heavy atom. The van der Waals surface area contributed by atoms with Crippen LogP contribution in [-0.2, 0) is 17.7 Å². The number of carbonyl (C=O) groups is 1. The van der Waals surface area contributed by atoms with E-state index in [0.29, 0.717) is 18.7 Å². The molecular formula is C19H25N3O2S. The van der Waals surface area contributed by atoms with Gasteiger partial charge in [-0.1, -0.05) is 18.2 Å². The van der Waals surface area contributed by atoms with Crippen LogP contribution in [0.25, 0.3) is 0 Å². The average Bonchev–Trinajstić information content (AvgIpc) is 3.14. The molecule has 0 saturated carbocycles. The predicted octanol–water partition coefficient (Wildman–Crippen LogP) is 3.17. The summed E-state index contributed by atoms with van der Waals surface area (Å²) in [4.78, 5) is 19.5. The van der Waals surface area contributed by atoms with E-state index in [1.807, 2.05) is 19.2 Å². The van der Waals surface area contributed by atoms with E-state index in [9.17, 15) is 4.79 Å². The van der Waals surface area contributed by atoms with Gasteiger partial charge in [-0.15, -0.1) is 11.3 Å². The third kappa shape index (κ3) is 5.90. The van der Waals surface area contributed by atoms with E-state index in [4.69, 9.17) is 4.74 Å². The molecule has 0 fully saturated rings. The molecule has 5 nitrogen and oxygen atoms in total. The van der Waals surface area contributed by atoms with Crippen LogP contribution >= 0.6 is 11.3 Å². The van der Waals surface area contributed by atoms with Gasteiger partial charge < -0.3 is 15.0 Å². The second kappa shape index (κ2) is 9.84. The molecule has 1 N–H and O–H groups in total. The van der Waals surface area contributed by atoms with E-state index in [1.165, 1.54) is 4.88 Å². The molecule has 25 heavy (non-hydrogen) atoms. The molecular weight excluding hydrogens is 334 g/mol. The lowest BCUT2D eigenvalue weighted by atomic mass is 10.1. The van der Waals surface area contributed by atoms with Crippen LogP contribution < -0.4 is 5.32 Å². The number of likely N-dealkylation sites (N-methyl/N-ethyl adjacent to an activating group) is 1. The SMILES string of the molecule is CCOC(=O)c1ccc(CNC(=NC)N(C)CCc2cccs2)cc1. The van der Waals surface area contributed by atoms with Crippen molar-refractivity contribution < 1.29 is 9.53 Å². The van der Waals surface area contributed by atoms with Gasteiger partial charge in [0.1, 0.15) is 0 Å². The number of rotatable bonds is 7. The lowest BCUT2D eigenvalue weighted by molar-refractivity contribution is 0.0526. The van der Waals surface area contributed by atoms with E-state index in [2.05, 4.69) is 32.7 Å². The predicted molar refractivity (Wildman–Crippen MR) is 103 cm³/mol. The molecule has 1 aromatic heterocycles. The van der Waals surface area contributed by atoms with Crippen LogP contribution in [0.4, 0.5) is 0 Å². The van der Waals surface area contributed by atoms with Gasteiger partial charge in [0.25, 0.3) is 0 Å². The molecule has 0 atom stereocenters. The summed E-state index contributed by atoms with van der Waals surface area (Å²) >= 11 is 1.78. The maximum atomic E-state index is 11.7. The third-order valence-electron chi connectivity index (χ3n) is 3.76. The maximum absolute atomic E-state index is 11.7. The van der Waals surface area contributed by atoms with Crippen LogP contribution in [0, 0.1) is 0 Å². The van der Waals surface area contributed by atoms with Crippen molar-refractivity contribution in [1.29, 1.82) is 0 Å². The zero-order valence-electron chi connectivity index (χ0n) is 15.0. The van der Waals surface area contributed by atoms with Crippen LogP contribution in [-0.4, -0.2) is 44.1 Å². The van der Waals surface area contributed by atoms with Crippen molar-refractivity contribution in [2.45, 2.75) is 19.9 Å². The Kier molecular flexibility index (Phi) is 7.47. The number of thiophene rings is 1. The second-order valence-electron chi connectivity index (χ2n) is 5.57. The van der Waals surface area contributed by atoms with Crippen LogP contribution in [0.15, 0.2) is 46.8 Å². The monoisotopic (exact) mass is 359 g/mol. The number of esters is 1. The topological polar surface area (TPSA) is 53.9 Å². The summed E-state index contributed by atoms with van der Waals surface area (Å²) in [5.74, 6) is 0.567. The number of ether oxygens (including phenoxy) is 1. The smallest absolute Gasteiger partial charge is 0.338 e. The zero-order valence-corrected chi connectivity index (χ0v) is 15.8. The number of carbonyl (C=O) groups excluding carboxylic acids is 1. The Hall–Kier alpha value is -2.34. The number of nitrogens with zero attached hydrogens (tertiary/aromatic N) is 2. The van der Waals surface area contributed by atoms with Crippen molar-refractivity contribution in [3.63, 3.8) is 0 Å². The molecule has 0 saturated heterocycles. The molecule has 1 aromatic carbocycles. The minimum Gasteiger partial charge on any atom is -0.462 e. The Balaban J connectivity index is 1.84. The van der Waals surface area contributed by atoms with Crippen LogP contribution in [0.1, 0.15) is 27.7 Å². The first-order chi connectivity index (χ1) is 12.1. The molecule has 2 rings (SSSR count). The number of guanidine groups is 1. The van der Waals surface area contributed by atoms with Crippen molar-refractivity contribution in [2.24, 2.45) is 4.99 Å². The van der Waals surface area contributed by atoms with E-state index in [-0.39, 0.29) is 5.97 Å². The Bertz CT molecular complexity index is 681. The molecule has 134 valence electrons. The first-order valence-electron chi connectivity index (χ1n) is 8.34. The average molecular weight is 359 g/mol. The highest BCUT2D eigenvalue weighted by Gasteiger charge is 2.08. The number of nitrogens with one attached hydrogen (secondary N) is 1. The lowest BCUT2D eigenvalue weighted by Gasteiger charge is -2.22. The number of hydrogen-bond donors (Lipinski definition) is 1. The van der Waals surface area contributed by atoms with E-state index in [0.717, 1.165) is 24.5 Å².